The van der Waals surface area contributed by atoms with E-state index in [1.807, 2.05) is 18.2 Å². The predicted molar refractivity (Wildman–Crippen MR) is 61.1 cm³/mol. The molecule has 0 saturated heterocycles. The van der Waals surface area contributed by atoms with Gasteiger partial charge in [-0.15, -0.1) is 0 Å². The number of hydrogen-bond acceptors (Lipinski definition) is 4. The largest absolute Gasteiger partial charge is 0.377 e. The Hall–Kier alpha value is -1.65. The van der Waals surface area contributed by atoms with Gasteiger partial charge in [-0.25, -0.2) is 5.06 Å². The third kappa shape index (κ3) is 2.29. The molecule has 0 amide bonds. The molecular weight excluding hydrogens is 204 g/mol. The van der Waals surface area contributed by atoms with E-state index in [4.69, 9.17) is 4.74 Å². The molecule has 4 heteroatoms. The van der Waals surface area contributed by atoms with E-state index in [0.717, 1.165) is 17.2 Å². The van der Waals surface area contributed by atoms with Gasteiger partial charge in [-0.05, 0) is 24.6 Å². The summed E-state index contributed by atoms with van der Waals surface area (Å²) < 4.78 is 5.18. The van der Waals surface area contributed by atoms with E-state index in [1.165, 1.54) is 0 Å². The molecule has 0 saturated carbocycles. The van der Waals surface area contributed by atoms with Crippen molar-refractivity contribution in [3.63, 3.8) is 0 Å². The van der Waals surface area contributed by atoms with Gasteiger partial charge >= 0.3 is 0 Å². The molecule has 1 unspecified atom stereocenters. The summed E-state index contributed by atoms with van der Waals surface area (Å²) in [7, 11) is 1.67. The van der Waals surface area contributed by atoms with Crippen LogP contribution in [0.2, 0.25) is 0 Å². The summed E-state index contributed by atoms with van der Waals surface area (Å²) in [4.78, 5) is 3.95. The number of ether oxygens (including phenoxy) is 1. The molecule has 0 spiro atoms. The van der Waals surface area contributed by atoms with Crippen molar-refractivity contribution in [1.82, 2.24) is 4.98 Å². The van der Waals surface area contributed by atoms with E-state index >= 15 is 0 Å². The highest BCUT2D eigenvalue weighted by molar-refractivity contribution is 5.50. The van der Waals surface area contributed by atoms with Crippen LogP contribution in [0.4, 0.5) is 5.69 Å². The van der Waals surface area contributed by atoms with E-state index in [0.29, 0.717) is 5.69 Å². The van der Waals surface area contributed by atoms with Crippen LogP contribution in [-0.2, 0) is 4.74 Å². The van der Waals surface area contributed by atoms with Crippen LogP contribution < -0.4 is 5.06 Å². The van der Waals surface area contributed by atoms with Gasteiger partial charge < -0.3 is 4.74 Å². The number of hydrogen-bond donors (Lipinski definition) is 1. The first-order valence-corrected chi connectivity index (χ1v) is 5.11. The van der Waals surface area contributed by atoms with Crippen LogP contribution in [0.3, 0.4) is 0 Å². The van der Waals surface area contributed by atoms with E-state index < -0.39 is 0 Å². The third-order valence-electron chi connectivity index (χ3n) is 2.48. The van der Waals surface area contributed by atoms with Gasteiger partial charge in [0.05, 0.1) is 23.7 Å². The number of pyridine rings is 1. The molecule has 1 aromatic rings. The predicted octanol–water partition coefficient (Wildman–Crippen LogP) is 2.14. The molecule has 0 aromatic carbocycles. The monoisotopic (exact) mass is 218 g/mol. The van der Waals surface area contributed by atoms with Gasteiger partial charge in [0.1, 0.15) is 0 Å². The second-order valence-corrected chi connectivity index (χ2v) is 3.52. The van der Waals surface area contributed by atoms with Gasteiger partial charge in [0.2, 0.25) is 0 Å². The summed E-state index contributed by atoms with van der Waals surface area (Å²) >= 11 is 0. The van der Waals surface area contributed by atoms with Crippen molar-refractivity contribution in [2.45, 2.75) is 12.5 Å². The normalized spacial score (nSPS) is 19.4. The van der Waals surface area contributed by atoms with Gasteiger partial charge in [0, 0.05) is 13.3 Å². The summed E-state index contributed by atoms with van der Waals surface area (Å²) in [5.41, 5.74) is 1.38. The fourth-order valence-electron chi connectivity index (χ4n) is 1.55. The zero-order valence-electron chi connectivity index (χ0n) is 9.08. The number of methoxy groups -OCH3 is 1. The summed E-state index contributed by atoms with van der Waals surface area (Å²) in [5.74, 6) is 0. The lowest BCUT2D eigenvalue weighted by atomic mass is 10.1. The van der Waals surface area contributed by atoms with Crippen molar-refractivity contribution in [3.05, 3.63) is 48.5 Å². The first-order valence-electron chi connectivity index (χ1n) is 5.11. The SMILES string of the molecule is COC1C=CC(N(O)c2cccnc2)=CC1. The first-order chi connectivity index (χ1) is 7.81. The Kier molecular flexibility index (Phi) is 3.34. The van der Waals surface area contributed by atoms with Crippen LogP contribution in [0, 0.1) is 0 Å². The standard InChI is InChI=1S/C12H14N2O2/c1-16-12-6-4-10(5-7-12)14(15)11-3-2-8-13-9-11/h2-6,8-9,12,15H,7H2,1H3. The summed E-state index contributed by atoms with van der Waals surface area (Å²) in [6, 6.07) is 3.58. The fraction of sp³-hybridized carbons (Fsp3) is 0.250. The molecule has 4 nitrogen and oxygen atoms in total. The highest BCUT2D eigenvalue weighted by Crippen LogP contribution is 2.20. The Morgan fingerprint density at radius 2 is 2.44 bits per heavy atom. The Morgan fingerprint density at radius 3 is 3.00 bits per heavy atom. The van der Waals surface area contributed by atoms with Crippen molar-refractivity contribution >= 4 is 5.69 Å². The molecule has 2 rings (SSSR count). The quantitative estimate of drug-likeness (QED) is 0.789. The second kappa shape index (κ2) is 4.92. The number of aromatic nitrogens is 1. The van der Waals surface area contributed by atoms with Gasteiger partial charge in [-0.2, -0.15) is 0 Å². The summed E-state index contributed by atoms with van der Waals surface area (Å²) in [5, 5.41) is 11.1. The Bertz CT molecular complexity index is 401. The Labute approximate surface area is 94.4 Å². The average Bonchev–Trinajstić information content (AvgIpc) is 2.39. The van der Waals surface area contributed by atoms with E-state index in [1.54, 1.807) is 31.6 Å². The molecule has 1 N–H and O–H groups in total. The topological polar surface area (TPSA) is 45.6 Å². The minimum Gasteiger partial charge on any atom is -0.377 e. The van der Waals surface area contributed by atoms with Gasteiger partial charge in [-0.1, -0.05) is 12.2 Å². The molecule has 84 valence electrons. The highest BCUT2D eigenvalue weighted by atomic mass is 16.5. The smallest absolute Gasteiger partial charge is 0.0876 e. The maximum absolute atomic E-state index is 9.94. The van der Waals surface area contributed by atoms with Crippen LogP contribution in [0.1, 0.15) is 6.42 Å². The first kappa shape index (κ1) is 10.9. The molecule has 1 aliphatic rings. The number of hydroxylamine groups is 1. The zero-order chi connectivity index (χ0) is 11.4. The second-order valence-electron chi connectivity index (χ2n) is 3.52. The van der Waals surface area contributed by atoms with E-state index in [-0.39, 0.29) is 6.10 Å². The van der Waals surface area contributed by atoms with Gasteiger partial charge in [0.25, 0.3) is 0 Å². The van der Waals surface area contributed by atoms with Crippen molar-refractivity contribution in [2.75, 3.05) is 12.2 Å². The molecule has 0 radical (unpaired) electrons. The van der Waals surface area contributed by atoms with Crippen molar-refractivity contribution in [3.8, 4) is 0 Å². The maximum atomic E-state index is 9.94. The van der Waals surface area contributed by atoms with E-state index in [2.05, 4.69) is 4.98 Å². The third-order valence-corrected chi connectivity index (χ3v) is 2.48. The van der Waals surface area contributed by atoms with Crippen molar-refractivity contribution < 1.29 is 9.94 Å². The van der Waals surface area contributed by atoms with Crippen LogP contribution in [0.15, 0.2) is 48.5 Å². The molecule has 1 heterocycles. The molecule has 0 fully saturated rings. The molecule has 0 aliphatic heterocycles. The molecule has 16 heavy (non-hydrogen) atoms. The van der Waals surface area contributed by atoms with E-state index in [9.17, 15) is 5.21 Å². The lowest BCUT2D eigenvalue weighted by molar-refractivity contribution is 0.141. The molecular formula is C12H14N2O2. The fourth-order valence-corrected chi connectivity index (χ4v) is 1.55. The Balaban J connectivity index is 2.10. The zero-order valence-corrected chi connectivity index (χ0v) is 9.08. The number of nitrogens with zero attached hydrogens (tertiary/aromatic N) is 2. The van der Waals surface area contributed by atoms with Crippen molar-refractivity contribution in [1.29, 1.82) is 0 Å². The highest BCUT2D eigenvalue weighted by Gasteiger charge is 2.12. The molecule has 1 aliphatic carbocycles. The number of rotatable bonds is 3. The van der Waals surface area contributed by atoms with Crippen LogP contribution in [-0.4, -0.2) is 23.4 Å². The molecule has 1 atom stereocenters. The van der Waals surface area contributed by atoms with Crippen LogP contribution in [0.5, 0.6) is 0 Å². The summed E-state index contributed by atoms with van der Waals surface area (Å²) in [6.07, 6.45) is 9.84. The van der Waals surface area contributed by atoms with Crippen molar-refractivity contribution in [2.24, 2.45) is 0 Å². The minimum absolute atomic E-state index is 0.103. The van der Waals surface area contributed by atoms with Gasteiger partial charge in [0.15, 0.2) is 0 Å². The number of allylic oxidation sites excluding steroid dienone is 1. The summed E-state index contributed by atoms with van der Waals surface area (Å²) in [6.45, 7) is 0. The van der Waals surface area contributed by atoms with Crippen LogP contribution >= 0.6 is 0 Å². The lowest BCUT2D eigenvalue weighted by Crippen LogP contribution is -2.20. The lowest BCUT2D eigenvalue weighted by Gasteiger charge is -2.21. The average molecular weight is 218 g/mol. The molecule has 0 bridgehead atoms. The maximum Gasteiger partial charge on any atom is 0.0876 e. The van der Waals surface area contributed by atoms with Gasteiger partial charge in [-0.3, -0.25) is 10.2 Å². The van der Waals surface area contributed by atoms with Crippen LogP contribution in [0.25, 0.3) is 0 Å². The Morgan fingerprint density at radius 1 is 1.56 bits per heavy atom. The number of anilines is 1. The molecule has 1 aromatic heterocycles. The minimum atomic E-state index is 0.103.